The first-order valence-electron chi connectivity index (χ1n) is 11.8. The van der Waals surface area contributed by atoms with Gasteiger partial charge in [0.05, 0.1) is 18.8 Å². The average molecular weight is 494 g/mol. The Morgan fingerprint density at radius 3 is 2.61 bits per heavy atom. The second-order valence-electron chi connectivity index (χ2n) is 9.11. The van der Waals surface area contributed by atoms with Crippen molar-refractivity contribution in [2.75, 3.05) is 18.0 Å². The lowest BCUT2D eigenvalue weighted by molar-refractivity contribution is -0.121. The Hall–Kier alpha value is -4.08. The van der Waals surface area contributed by atoms with E-state index in [9.17, 15) is 18.8 Å². The number of amides is 2. The lowest BCUT2D eigenvalue weighted by Crippen LogP contribution is -2.34. The molecule has 4 rings (SSSR count). The first-order chi connectivity index (χ1) is 17.3. The number of aromatic nitrogens is 3. The minimum Gasteiger partial charge on any atom is -0.442 e. The number of cyclic esters (lactones) is 1. The predicted molar refractivity (Wildman–Crippen MR) is 130 cm³/mol. The Labute approximate surface area is 208 Å². The number of carbonyl (C=O) groups excluding carboxylic acids is 3. The number of halogens is 1. The summed E-state index contributed by atoms with van der Waals surface area (Å²) in [6.45, 7) is 4.53. The number of hydrogen-bond acceptors (Lipinski definition) is 6. The van der Waals surface area contributed by atoms with E-state index in [1.165, 1.54) is 39.9 Å². The zero-order chi connectivity index (χ0) is 25.7. The van der Waals surface area contributed by atoms with Gasteiger partial charge in [-0.05, 0) is 36.1 Å². The van der Waals surface area contributed by atoms with Gasteiger partial charge in [0.2, 0.25) is 5.91 Å². The molecule has 0 radical (unpaired) electrons. The number of rotatable bonds is 10. The molecule has 2 aromatic carbocycles. The van der Waals surface area contributed by atoms with E-state index < -0.39 is 18.0 Å². The van der Waals surface area contributed by atoms with Crippen LogP contribution in [0.4, 0.5) is 14.9 Å². The van der Waals surface area contributed by atoms with Gasteiger partial charge in [-0.2, -0.15) is 5.10 Å². The highest BCUT2D eigenvalue weighted by Gasteiger charge is 2.33. The molecule has 1 aromatic heterocycles. The monoisotopic (exact) mass is 493 g/mol. The Morgan fingerprint density at radius 1 is 1.17 bits per heavy atom. The number of nitrogens with zero attached hydrogens (tertiary/aromatic N) is 4. The van der Waals surface area contributed by atoms with Crippen molar-refractivity contribution in [1.29, 1.82) is 0 Å². The summed E-state index contributed by atoms with van der Waals surface area (Å²) in [4.78, 5) is 42.1. The first-order valence-corrected chi connectivity index (χ1v) is 11.8. The summed E-state index contributed by atoms with van der Waals surface area (Å²) in [6.07, 6.45) is 2.52. The minimum absolute atomic E-state index is 0.0336. The number of anilines is 1. The summed E-state index contributed by atoms with van der Waals surface area (Å²) in [5.41, 5.74) is 2.29. The van der Waals surface area contributed by atoms with Gasteiger partial charge < -0.3 is 10.1 Å². The van der Waals surface area contributed by atoms with Crippen LogP contribution in [-0.2, 0) is 16.0 Å². The van der Waals surface area contributed by atoms with Crippen LogP contribution in [0.2, 0.25) is 0 Å². The zero-order valence-electron chi connectivity index (χ0n) is 20.2. The van der Waals surface area contributed by atoms with E-state index in [-0.39, 0.29) is 43.3 Å². The molecule has 0 aliphatic carbocycles. The molecule has 1 N–H and O–H groups in total. The minimum atomic E-state index is -0.627. The smallest absolute Gasteiger partial charge is 0.414 e. The number of carbonyl (C=O) groups is 3. The molecule has 1 aliphatic heterocycles. The predicted octanol–water partition coefficient (Wildman–Crippen LogP) is 3.71. The maximum absolute atomic E-state index is 14.5. The SMILES string of the molecule is CC(C)Cc1ccc(C(=O)CCC(=O)NC[C@H]2CN(c3ccc(-n4cncn4)c(F)c3)C(=O)O2)cc1. The maximum atomic E-state index is 14.5. The molecule has 0 spiro atoms. The second-order valence-corrected chi connectivity index (χ2v) is 9.11. The van der Waals surface area contributed by atoms with Crippen molar-refractivity contribution in [1.82, 2.24) is 20.1 Å². The molecule has 1 saturated heterocycles. The Morgan fingerprint density at radius 2 is 1.94 bits per heavy atom. The van der Waals surface area contributed by atoms with Crippen LogP contribution >= 0.6 is 0 Å². The molecular formula is C26H28FN5O4. The number of hydrogen-bond donors (Lipinski definition) is 1. The maximum Gasteiger partial charge on any atom is 0.414 e. The molecule has 9 nitrogen and oxygen atoms in total. The summed E-state index contributed by atoms with van der Waals surface area (Å²) in [6, 6.07) is 11.8. The zero-order valence-corrected chi connectivity index (χ0v) is 20.2. The average Bonchev–Trinajstić information content (AvgIpc) is 3.51. The number of benzene rings is 2. The largest absolute Gasteiger partial charge is 0.442 e. The molecule has 1 aliphatic rings. The molecule has 10 heteroatoms. The van der Waals surface area contributed by atoms with Gasteiger partial charge in [0.25, 0.3) is 0 Å². The van der Waals surface area contributed by atoms with E-state index in [0.29, 0.717) is 17.2 Å². The number of nitrogens with one attached hydrogen (secondary N) is 1. The topological polar surface area (TPSA) is 106 Å². The quantitative estimate of drug-likeness (QED) is 0.432. The molecule has 0 unspecified atom stereocenters. The molecule has 188 valence electrons. The van der Waals surface area contributed by atoms with Crippen LogP contribution in [0, 0.1) is 11.7 Å². The van der Waals surface area contributed by atoms with Crippen molar-refractivity contribution in [2.24, 2.45) is 5.92 Å². The van der Waals surface area contributed by atoms with Crippen molar-refractivity contribution in [3.05, 3.63) is 72.1 Å². The molecule has 3 aromatic rings. The fourth-order valence-corrected chi connectivity index (χ4v) is 4.01. The third kappa shape index (κ3) is 6.12. The van der Waals surface area contributed by atoms with Crippen LogP contribution in [0.3, 0.4) is 0 Å². The summed E-state index contributed by atoms with van der Waals surface area (Å²) < 4.78 is 21.1. The summed E-state index contributed by atoms with van der Waals surface area (Å²) in [5, 5.41) is 6.60. The Balaban J connectivity index is 1.24. The van der Waals surface area contributed by atoms with Gasteiger partial charge in [-0.1, -0.05) is 38.1 Å². The van der Waals surface area contributed by atoms with Gasteiger partial charge in [0.15, 0.2) is 11.6 Å². The van der Waals surface area contributed by atoms with E-state index in [1.807, 2.05) is 12.1 Å². The Kier molecular flexibility index (Phi) is 7.72. The Bertz CT molecular complexity index is 1230. The molecular weight excluding hydrogens is 465 g/mol. The van der Waals surface area contributed by atoms with E-state index in [2.05, 4.69) is 29.2 Å². The molecule has 0 saturated carbocycles. The number of ketones is 1. The fraction of sp³-hybridized carbons (Fsp3) is 0.346. The highest BCUT2D eigenvalue weighted by molar-refractivity contribution is 5.98. The van der Waals surface area contributed by atoms with E-state index in [1.54, 1.807) is 18.2 Å². The van der Waals surface area contributed by atoms with E-state index in [0.717, 1.165) is 6.42 Å². The summed E-state index contributed by atoms with van der Waals surface area (Å²) in [5.74, 6) is -0.441. The third-order valence-electron chi connectivity index (χ3n) is 5.81. The molecule has 36 heavy (non-hydrogen) atoms. The molecule has 0 bridgehead atoms. The highest BCUT2D eigenvalue weighted by Crippen LogP contribution is 2.25. The van der Waals surface area contributed by atoms with Gasteiger partial charge in [0.1, 0.15) is 24.4 Å². The molecule has 1 atom stereocenters. The third-order valence-corrected chi connectivity index (χ3v) is 5.81. The van der Waals surface area contributed by atoms with Gasteiger partial charge in [-0.25, -0.2) is 18.9 Å². The lowest BCUT2D eigenvalue weighted by Gasteiger charge is -2.14. The lowest BCUT2D eigenvalue weighted by atomic mass is 9.99. The first kappa shape index (κ1) is 25.0. The standard InChI is InChI=1S/C26H28FN5O4/c1-17(2)11-18-3-5-19(6-4-18)24(33)9-10-25(34)29-13-21-14-31(26(35)36-21)20-7-8-23(22(27)12-20)32-16-28-15-30-32/h3-8,12,15-17,21H,9-11,13-14H2,1-2H3,(H,29,34)/t21-/m0/s1. The van der Waals surface area contributed by atoms with Crippen molar-refractivity contribution < 1.29 is 23.5 Å². The van der Waals surface area contributed by atoms with E-state index in [4.69, 9.17) is 4.74 Å². The van der Waals surface area contributed by atoms with Crippen LogP contribution in [0.1, 0.15) is 42.6 Å². The normalized spacial score (nSPS) is 15.3. The van der Waals surface area contributed by atoms with Crippen LogP contribution < -0.4 is 10.2 Å². The fourth-order valence-electron chi connectivity index (χ4n) is 4.01. The van der Waals surface area contributed by atoms with Crippen LogP contribution in [0.25, 0.3) is 5.69 Å². The van der Waals surface area contributed by atoms with Crippen LogP contribution in [-0.4, -0.2) is 51.7 Å². The molecule has 2 heterocycles. The van der Waals surface area contributed by atoms with Crippen LogP contribution in [0.5, 0.6) is 0 Å². The van der Waals surface area contributed by atoms with Crippen molar-refractivity contribution >= 4 is 23.5 Å². The van der Waals surface area contributed by atoms with Gasteiger partial charge >= 0.3 is 6.09 Å². The number of ether oxygens (including phenoxy) is 1. The highest BCUT2D eigenvalue weighted by atomic mass is 19.1. The van der Waals surface area contributed by atoms with Gasteiger partial charge in [0, 0.05) is 18.4 Å². The second kappa shape index (κ2) is 11.1. The summed E-state index contributed by atoms with van der Waals surface area (Å²) >= 11 is 0. The molecule has 1 fully saturated rings. The van der Waals surface area contributed by atoms with Gasteiger partial charge in [-0.15, -0.1) is 0 Å². The van der Waals surface area contributed by atoms with Crippen molar-refractivity contribution in [3.63, 3.8) is 0 Å². The number of Topliss-reactive ketones (excluding diaryl/α,β-unsaturated/α-hetero) is 1. The van der Waals surface area contributed by atoms with Gasteiger partial charge in [-0.3, -0.25) is 14.5 Å². The molecule has 2 amide bonds. The summed E-state index contributed by atoms with van der Waals surface area (Å²) in [7, 11) is 0. The van der Waals surface area contributed by atoms with E-state index >= 15 is 0 Å². The van der Waals surface area contributed by atoms with Crippen molar-refractivity contribution in [2.45, 2.75) is 39.2 Å². The van der Waals surface area contributed by atoms with Crippen LogP contribution in [0.15, 0.2) is 55.1 Å². The van der Waals surface area contributed by atoms with Crippen molar-refractivity contribution in [3.8, 4) is 5.69 Å².